The van der Waals surface area contributed by atoms with E-state index in [0.29, 0.717) is 23.9 Å². The first-order chi connectivity index (χ1) is 9.92. The molecule has 0 saturated carbocycles. The van der Waals surface area contributed by atoms with Gasteiger partial charge in [0.2, 0.25) is 0 Å². The van der Waals surface area contributed by atoms with E-state index in [2.05, 4.69) is 5.32 Å². The Morgan fingerprint density at radius 1 is 1.29 bits per heavy atom. The third kappa shape index (κ3) is 8.40. The van der Waals surface area contributed by atoms with Crippen molar-refractivity contribution in [2.24, 2.45) is 0 Å². The van der Waals surface area contributed by atoms with Gasteiger partial charge < -0.3 is 14.8 Å². The smallest absolute Gasteiger partial charge is 0.441 e. The molecule has 120 valence electrons. The molecule has 1 aromatic rings. The van der Waals surface area contributed by atoms with Gasteiger partial charge in [0.05, 0.1) is 18.2 Å². The summed E-state index contributed by atoms with van der Waals surface area (Å²) in [5.74, 6) is 0.222. The van der Waals surface area contributed by atoms with Gasteiger partial charge in [-0.05, 0) is 29.5 Å². The van der Waals surface area contributed by atoms with E-state index in [-0.39, 0.29) is 24.1 Å². The molecular formula is C13H17ClF3NO2S. The van der Waals surface area contributed by atoms with Crippen LogP contribution in [0.25, 0.3) is 0 Å². The number of hydrogen-bond donors (Lipinski definition) is 1. The van der Waals surface area contributed by atoms with Gasteiger partial charge in [0.1, 0.15) is 5.75 Å². The van der Waals surface area contributed by atoms with Crippen molar-refractivity contribution in [3.8, 4) is 5.75 Å². The molecule has 0 saturated heterocycles. The van der Waals surface area contributed by atoms with E-state index in [0.717, 1.165) is 12.1 Å². The lowest BCUT2D eigenvalue weighted by Gasteiger charge is -2.11. The zero-order valence-corrected chi connectivity index (χ0v) is 13.1. The van der Waals surface area contributed by atoms with E-state index in [1.54, 1.807) is 19.2 Å². The van der Waals surface area contributed by atoms with Crippen LogP contribution in [0.5, 0.6) is 5.75 Å². The molecule has 0 spiro atoms. The molecule has 0 aliphatic carbocycles. The first-order valence-electron chi connectivity index (χ1n) is 6.24. The molecule has 0 radical (unpaired) electrons. The summed E-state index contributed by atoms with van der Waals surface area (Å²) in [7, 11) is 1.63. The number of rotatable bonds is 9. The SMILES string of the molecule is COCCNCc1ccc(OCCSC(F)(F)F)c(Cl)c1. The Kier molecular flexibility index (Phi) is 8.24. The average molecular weight is 344 g/mol. The maximum absolute atomic E-state index is 12.0. The fraction of sp³-hybridized carbons (Fsp3) is 0.538. The number of nitrogens with one attached hydrogen (secondary N) is 1. The molecule has 8 heteroatoms. The Morgan fingerprint density at radius 2 is 2.05 bits per heavy atom. The van der Waals surface area contributed by atoms with Crippen LogP contribution in [-0.2, 0) is 11.3 Å². The van der Waals surface area contributed by atoms with Gasteiger partial charge in [-0.3, -0.25) is 0 Å². The summed E-state index contributed by atoms with van der Waals surface area (Å²) < 4.78 is 46.0. The van der Waals surface area contributed by atoms with E-state index in [4.69, 9.17) is 21.1 Å². The molecule has 0 aliphatic heterocycles. The molecule has 0 heterocycles. The summed E-state index contributed by atoms with van der Waals surface area (Å²) in [6.07, 6.45) is 0. The monoisotopic (exact) mass is 343 g/mol. The van der Waals surface area contributed by atoms with Crippen molar-refractivity contribution >= 4 is 23.4 Å². The zero-order chi connectivity index (χ0) is 15.7. The number of hydrogen-bond acceptors (Lipinski definition) is 4. The topological polar surface area (TPSA) is 30.5 Å². The molecule has 0 aliphatic rings. The number of methoxy groups -OCH3 is 1. The first kappa shape index (κ1) is 18.4. The minimum Gasteiger partial charge on any atom is -0.491 e. The van der Waals surface area contributed by atoms with E-state index in [1.807, 2.05) is 6.07 Å². The normalized spacial score (nSPS) is 11.7. The summed E-state index contributed by atoms with van der Waals surface area (Å²) >= 11 is 5.92. The van der Waals surface area contributed by atoms with Crippen LogP contribution in [0.15, 0.2) is 18.2 Å². The fourth-order valence-electron chi connectivity index (χ4n) is 1.49. The van der Waals surface area contributed by atoms with Crippen LogP contribution in [0.1, 0.15) is 5.56 Å². The van der Waals surface area contributed by atoms with Crippen LogP contribution in [0.2, 0.25) is 5.02 Å². The number of benzene rings is 1. The van der Waals surface area contributed by atoms with Crippen LogP contribution in [0, 0.1) is 0 Å². The van der Waals surface area contributed by atoms with Crippen LogP contribution in [-0.4, -0.2) is 38.1 Å². The van der Waals surface area contributed by atoms with E-state index < -0.39 is 5.51 Å². The number of thioether (sulfide) groups is 1. The van der Waals surface area contributed by atoms with Gasteiger partial charge in [-0.25, -0.2) is 0 Å². The molecular weight excluding hydrogens is 327 g/mol. The Hall–Kier alpha value is -0.630. The highest BCUT2D eigenvalue weighted by atomic mass is 35.5. The van der Waals surface area contributed by atoms with Crippen molar-refractivity contribution in [3.05, 3.63) is 28.8 Å². The quantitative estimate of drug-likeness (QED) is 0.692. The molecule has 0 atom stereocenters. The Labute approximate surface area is 131 Å². The van der Waals surface area contributed by atoms with Crippen molar-refractivity contribution in [2.45, 2.75) is 12.1 Å². The van der Waals surface area contributed by atoms with Crippen molar-refractivity contribution in [1.29, 1.82) is 0 Å². The average Bonchev–Trinajstić information content (AvgIpc) is 2.40. The highest BCUT2D eigenvalue weighted by Crippen LogP contribution is 2.30. The molecule has 1 N–H and O–H groups in total. The summed E-state index contributed by atoms with van der Waals surface area (Å²) in [5, 5.41) is 3.55. The highest BCUT2D eigenvalue weighted by molar-refractivity contribution is 8.00. The van der Waals surface area contributed by atoms with Gasteiger partial charge in [0.15, 0.2) is 0 Å². The lowest BCUT2D eigenvalue weighted by Crippen LogP contribution is -2.18. The van der Waals surface area contributed by atoms with Crippen LogP contribution < -0.4 is 10.1 Å². The number of halogens is 4. The standard InChI is InChI=1S/C13H17ClF3NO2S/c1-19-5-4-18-9-10-2-3-12(11(14)8-10)20-6-7-21-13(15,16)17/h2-3,8,18H,4-7,9H2,1H3. The predicted molar refractivity (Wildman–Crippen MR) is 79.0 cm³/mol. The lowest BCUT2D eigenvalue weighted by atomic mass is 10.2. The third-order valence-electron chi connectivity index (χ3n) is 2.42. The van der Waals surface area contributed by atoms with Crippen LogP contribution in [0.3, 0.4) is 0 Å². The molecule has 1 rings (SSSR count). The fourth-order valence-corrected chi connectivity index (χ4v) is 2.14. The number of alkyl halides is 3. The summed E-state index contributed by atoms with van der Waals surface area (Å²) in [6, 6.07) is 5.21. The maximum Gasteiger partial charge on any atom is 0.441 e. The Balaban J connectivity index is 2.36. The molecule has 0 amide bonds. The maximum atomic E-state index is 12.0. The summed E-state index contributed by atoms with van der Waals surface area (Å²) in [4.78, 5) is 0. The van der Waals surface area contributed by atoms with Gasteiger partial charge in [-0.1, -0.05) is 17.7 Å². The number of ether oxygens (including phenoxy) is 2. The zero-order valence-electron chi connectivity index (χ0n) is 11.5. The van der Waals surface area contributed by atoms with Crippen molar-refractivity contribution in [2.75, 3.05) is 32.6 Å². The molecule has 1 aromatic carbocycles. The molecule has 0 unspecified atom stereocenters. The summed E-state index contributed by atoms with van der Waals surface area (Å²) in [5.41, 5.74) is -3.27. The van der Waals surface area contributed by atoms with Crippen LogP contribution >= 0.6 is 23.4 Å². The second-order valence-corrected chi connectivity index (χ2v) is 5.64. The first-order valence-corrected chi connectivity index (χ1v) is 7.60. The highest BCUT2D eigenvalue weighted by Gasteiger charge is 2.27. The molecule has 0 bridgehead atoms. The van der Waals surface area contributed by atoms with E-state index in [1.165, 1.54) is 0 Å². The molecule has 0 aromatic heterocycles. The second kappa shape index (κ2) is 9.40. The van der Waals surface area contributed by atoms with Gasteiger partial charge in [0, 0.05) is 26.0 Å². The van der Waals surface area contributed by atoms with Crippen molar-refractivity contribution in [3.63, 3.8) is 0 Å². The Morgan fingerprint density at radius 3 is 2.67 bits per heavy atom. The van der Waals surface area contributed by atoms with Gasteiger partial charge in [-0.15, -0.1) is 0 Å². The summed E-state index contributed by atoms with van der Waals surface area (Å²) in [6.45, 7) is 1.93. The Bertz CT molecular complexity index is 432. The second-order valence-electron chi connectivity index (χ2n) is 4.08. The van der Waals surface area contributed by atoms with Crippen molar-refractivity contribution in [1.82, 2.24) is 5.32 Å². The van der Waals surface area contributed by atoms with Gasteiger partial charge >= 0.3 is 5.51 Å². The minimum absolute atomic E-state index is 0.0463. The predicted octanol–water partition coefficient (Wildman–Crippen LogP) is 3.71. The van der Waals surface area contributed by atoms with Crippen molar-refractivity contribution < 1.29 is 22.6 Å². The van der Waals surface area contributed by atoms with E-state index >= 15 is 0 Å². The van der Waals surface area contributed by atoms with Crippen LogP contribution in [0.4, 0.5) is 13.2 Å². The molecule has 3 nitrogen and oxygen atoms in total. The molecule has 21 heavy (non-hydrogen) atoms. The largest absolute Gasteiger partial charge is 0.491 e. The van der Waals surface area contributed by atoms with Gasteiger partial charge in [0.25, 0.3) is 0 Å². The molecule has 0 fully saturated rings. The third-order valence-corrected chi connectivity index (χ3v) is 3.41. The van der Waals surface area contributed by atoms with E-state index in [9.17, 15) is 13.2 Å². The lowest BCUT2D eigenvalue weighted by molar-refractivity contribution is -0.0329. The minimum atomic E-state index is -4.23. The van der Waals surface area contributed by atoms with Gasteiger partial charge in [-0.2, -0.15) is 13.2 Å².